The molecule has 0 aliphatic rings. The van der Waals surface area contributed by atoms with E-state index >= 15 is 0 Å². The molecule has 0 saturated heterocycles. The second-order valence-electron chi connectivity index (χ2n) is 2.04. The molecule has 0 spiro atoms. The first-order valence-corrected chi connectivity index (χ1v) is 4.00. The van der Waals surface area contributed by atoms with E-state index in [0.29, 0.717) is 0 Å². The molecule has 0 aliphatic carbocycles. The summed E-state index contributed by atoms with van der Waals surface area (Å²) in [6, 6.07) is 3.47. The summed E-state index contributed by atoms with van der Waals surface area (Å²) in [4.78, 5) is 19.1. The molecular weight excluding hydrogens is 220 g/mol. The second-order valence-corrected chi connectivity index (χ2v) is 2.04. The molecule has 0 heterocycles. The van der Waals surface area contributed by atoms with E-state index in [1.165, 1.54) is 0 Å². The molecule has 0 saturated carbocycles. The lowest BCUT2D eigenvalue weighted by molar-refractivity contribution is 0.0923. The molecule has 8 heteroatoms. The summed E-state index contributed by atoms with van der Waals surface area (Å²) >= 11 is 0. The van der Waals surface area contributed by atoms with Crippen LogP contribution in [0.4, 0.5) is 9.59 Å². The number of hydrogen-bond acceptors (Lipinski definition) is 6. The molecule has 0 aromatic rings. The third kappa shape index (κ3) is 22.5. The van der Waals surface area contributed by atoms with Gasteiger partial charge in [0.15, 0.2) is 0 Å². The highest BCUT2D eigenvalue weighted by Crippen LogP contribution is 1.79. The Kier molecular flexibility index (Phi) is 12.5. The smallest absolute Gasteiger partial charge is 0.450 e. The van der Waals surface area contributed by atoms with E-state index < -0.39 is 12.3 Å². The summed E-state index contributed by atoms with van der Waals surface area (Å²) < 4.78 is 7.95. The first-order chi connectivity index (χ1) is 7.54. The van der Waals surface area contributed by atoms with Gasteiger partial charge in [-0.1, -0.05) is 0 Å². The molecule has 8 nitrogen and oxygen atoms in total. The van der Waals surface area contributed by atoms with E-state index in [-0.39, 0.29) is 26.1 Å². The summed E-state index contributed by atoms with van der Waals surface area (Å²) in [5.41, 5.74) is 0. The van der Waals surface area contributed by atoms with Crippen molar-refractivity contribution in [2.45, 2.75) is 12.8 Å². The van der Waals surface area contributed by atoms with Crippen LogP contribution in [0.1, 0.15) is 12.8 Å². The molecule has 0 aliphatic heterocycles. The minimum Gasteiger partial charge on any atom is -0.450 e. The van der Waals surface area contributed by atoms with Gasteiger partial charge in [-0.05, 0) is 0 Å². The molecule has 0 fully saturated rings. The van der Waals surface area contributed by atoms with E-state index in [9.17, 15) is 9.59 Å². The van der Waals surface area contributed by atoms with Crippen LogP contribution in [-0.2, 0) is 9.47 Å². The number of hydrogen-bond donors (Lipinski definition) is 2. The van der Waals surface area contributed by atoms with Crippen molar-refractivity contribution in [3.8, 4) is 12.1 Å². The van der Waals surface area contributed by atoms with Gasteiger partial charge >= 0.3 is 12.3 Å². The predicted molar refractivity (Wildman–Crippen MR) is 48.4 cm³/mol. The SMILES string of the molecule is N#CCCOC(=O)O.N#CCCOC(=O)O. The van der Waals surface area contributed by atoms with Gasteiger partial charge in [0.25, 0.3) is 0 Å². The number of nitriles is 2. The van der Waals surface area contributed by atoms with Crippen molar-refractivity contribution in [3.05, 3.63) is 0 Å². The van der Waals surface area contributed by atoms with E-state index in [1.807, 2.05) is 0 Å². The first-order valence-electron chi connectivity index (χ1n) is 4.00. The normalized spacial score (nSPS) is 7.38. The minimum absolute atomic E-state index is 0.0359. The maximum absolute atomic E-state index is 9.54. The highest BCUT2D eigenvalue weighted by molar-refractivity contribution is 5.56. The van der Waals surface area contributed by atoms with Gasteiger partial charge in [0.1, 0.15) is 13.2 Å². The number of carbonyl (C=O) groups is 2. The third-order valence-corrected chi connectivity index (χ3v) is 0.879. The molecule has 2 N–H and O–H groups in total. The number of rotatable bonds is 4. The van der Waals surface area contributed by atoms with Gasteiger partial charge in [-0.3, -0.25) is 0 Å². The Morgan fingerprint density at radius 3 is 1.44 bits per heavy atom. The van der Waals surface area contributed by atoms with Crippen LogP contribution in [-0.4, -0.2) is 35.7 Å². The van der Waals surface area contributed by atoms with Gasteiger partial charge in [0.05, 0.1) is 25.0 Å². The lowest BCUT2D eigenvalue weighted by Gasteiger charge is -1.90. The number of nitrogens with zero attached hydrogens (tertiary/aromatic N) is 2. The van der Waals surface area contributed by atoms with Crippen molar-refractivity contribution in [3.63, 3.8) is 0 Å². The van der Waals surface area contributed by atoms with Gasteiger partial charge in [-0.25, -0.2) is 9.59 Å². The van der Waals surface area contributed by atoms with Crippen LogP contribution >= 0.6 is 0 Å². The largest absolute Gasteiger partial charge is 0.505 e. The maximum Gasteiger partial charge on any atom is 0.505 e. The summed E-state index contributed by atoms with van der Waals surface area (Å²) in [5.74, 6) is 0. The standard InChI is InChI=1S/2C4H5NO3/c2*5-2-1-3-8-4(6)7/h2*1,3H2,(H,6,7). The van der Waals surface area contributed by atoms with Crippen molar-refractivity contribution in [1.29, 1.82) is 10.5 Å². The van der Waals surface area contributed by atoms with E-state index in [0.717, 1.165) is 0 Å². The summed E-state index contributed by atoms with van der Waals surface area (Å²) in [6.07, 6.45) is -2.43. The molecule has 16 heavy (non-hydrogen) atoms. The van der Waals surface area contributed by atoms with Crippen LogP contribution in [0.2, 0.25) is 0 Å². The van der Waals surface area contributed by atoms with Crippen LogP contribution in [0.5, 0.6) is 0 Å². The van der Waals surface area contributed by atoms with E-state index in [4.69, 9.17) is 20.7 Å². The molecule has 0 unspecified atom stereocenters. The summed E-state index contributed by atoms with van der Waals surface area (Å²) in [5, 5.41) is 31.3. The highest BCUT2D eigenvalue weighted by atomic mass is 16.7. The molecule has 0 bridgehead atoms. The zero-order chi connectivity index (χ0) is 12.8. The number of carboxylic acid groups (broad SMARTS) is 2. The second kappa shape index (κ2) is 12.5. The average molecular weight is 230 g/mol. The van der Waals surface area contributed by atoms with Crippen molar-refractivity contribution >= 4 is 12.3 Å². The van der Waals surface area contributed by atoms with Crippen molar-refractivity contribution in [1.82, 2.24) is 0 Å². The predicted octanol–water partition coefficient (Wildman–Crippen LogP) is 1.19. The molecular formula is C8H10N2O6. The Labute approximate surface area is 91.2 Å². The van der Waals surface area contributed by atoms with Crippen LogP contribution in [0.25, 0.3) is 0 Å². The van der Waals surface area contributed by atoms with Gasteiger partial charge in [0, 0.05) is 0 Å². The lowest BCUT2D eigenvalue weighted by Crippen LogP contribution is -2.00. The Bertz CT molecular complexity index is 260. The molecule has 0 atom stereocenters. The Balaban J connectivity index is 0. The molecule has 88 valence electrons. The zero-order valence-corrected chi connectivity index (χ0v) is 8.25. The van der Waals surface area contributed by atoms with Crippen LogP contribution in [0.3, 0.4) is 0 Å². The van der Waals surface area contributed by atoms with Crippen LogP contribution < -0.4 is 0 Å². The van der Waals surface area contributed by atoms with Crippen molar-refractivity contribution < 1.29 is 29.3 Å². The molecule has 0 radical (unpaired) electrons. The fourth-order valence-corrected chi connectivity index (χ4v) is 0.368. The molecule has 0 amide bonds. The molecule has 0 rings (SSSR count). The van der Waals surface area contributed by atoms with Crippen LogP contribution in [0.15, 0.2) is 0 Å². The monoisotopic (exact) mass is 230 g/mol. The number of ether oxygens (including phenoxy) is 2. The third-order valence-electron chi connectivity index (χ3n) is 0.879. The van der Waals surface area contributed by atoms with Gasteiger partial charge in [-0.15, -0.1) is 0 Å². The van der Waals surface area contributed by atoms with Crippen molar-refractivity contribution in [2.75, 3.05) is 13.2 Å². The zero-order valence-electron chi connectivity index (χ0n) is 8.25. The Morgan fingerprint density at radius 1 is 0.938 bits per heavy atom. The quantitative estimate of drug-likeness (QED) is 0.541. The Hall–Kier alpha value is -2.48. The fourth-order valence-electron chi connectivity index (χ4n) is 0.368. The van der Waals surface area contributed by atoms with E-state index in [2.05, 4.69) is 9.47 Å². The van der Waals surface area contributed by atoms with Gasteiger partial charge < -0.3 is 19.7 Å². The topological polar surface area (TPSA) is 141 Å². The lowest BCUT2D eigenvalue weighted by atomic mass is 10.5. The van der Waals surface area contributed by atoms with E-state index in [1.54, 1.807) is 12.1 Å². The highest BCUT2D eigenvalue weighted by Gasteiger charge is 1.92. The molecule has 0 aromatic heterocycles. The van der Waals surface area contributed by atoms with Crippen LogP contribution in [0, 0.1) is 22.7 Å². The first kappa shape index (κ1) is 16.0. The fraction of sp³-hybridized carbons (Fsp3) is 0.500. The molecule has 0 aromatic carbocycles. The summed E-state index contributed by atoms with van der Waals surface area (Å²) in [6.45, 7) is -0.0718. The van der Waals surface area contributed by atoms with Gasteiger partial charge in [0.2, 0.25) is 0 Å². The average Bonchev–Trinajstić information content (AvgIpc) is 2.18. The maximum atomic E-state index is 9.54. The van der Waals surface area contributed by atoms with Crippen molar-refractivity contribution in [2.24, 2.45) is 0 Å². The Morgan fingerprint density at radius 2 is 1.25 bits per heavy atom. The van der Waals surface area contributed by atoms with Gasteiger partial charge in [-0.2, -0.15) is 10.5 Å². The summed E-state index contributed by atoms with van der Waals surface area (Å²) in [7, 11) is 0. The minimum atomic E-state index is -1.33.